The van der Waals surface area contributed by atoms with Gasteiger partial charge < -0.3 is 15.0 Å². The van der Waals surface area contributed by atoms with Crippen molar-refractivity contribution in [2.45, 2.75) is 39.3 Å². The lowest BCUT2D eigenvalue weighted by molar-refractivity contribution is -0.142. The van der Waals surface area contributed by atoms with Gasteiger partial charge in [-0.25, -0.2) is 0 Å². The molecule has 0 saturated carbocycles. The number of H-pyrrole nitrogens is 1. The zero-order chi connectivity index (χ0) is 18.5. The van der Waals surface area contributed by atoms with Crippen LogP contribution in [0.25, 0.3) is 10.9 Å². The van der Waals surface area contributed by atoms with E-state index in [1.807, 2.05) is 43.3 Å². The molecule has 0 fully saturated rings. The van der Waals surface area contributed by atoms with Gasteiger partial charge >= 0.3 is 5.97 Å². The fraction of sp³-hybridized carbons (Fsp3) is 0.318. The van der Waals surface area contributed by atoms with Crippen molar-refractivity contribution in [1.82, 2.24) is 10.3 Å². The van der Waals surface area contributed by atoms with E-state index in [9.17, 15) is 4.79 Å². The van der Waals surface area contributed by atoms with E-state index >= 15 is 0 Å². The van der Waals surface area contributed by atoms with Crippen LogP contribution in [-0.2, 0) is 16.0 Å². The molecule has 0 bridgehead atoms. The number of aromatic amines is 1. The SMILES string of the molecule is CCOC(=O)Cc1[nH]c2ccccc2c1C(NC(C)C)c1ccccc1. The van der Waals surface area contributed by atoms with Crippen molar-refractivity contribution < 1.29 is 9.53 Å². The lowest BCUT2D eigenvalue weighted by Gasteiger charge is -2.23. The summed E-state index contributed by atoms with van der Waals surface area (Å²) < 4.78 is 5.18. The number of para-hydroxylation sites is 1. The van der Waals surface area contributed by atoms with Crippen LogP contribution < -0.4 is 5.32 Å². The van der Waals surface area contributed by atoms with Crippen molar-refractivity contribution in [2.24, 2.45) is 0 Å². The second-order valence-corrected chi connectivity index (χ2v) is 6.71. The van der Waals surface area contributed by atoms with Crippen LogP contribution in [0.3, 0.4) is 0 Å². The number of nitrogens with one attached hydrogen (secondary N) is 2. The first kappa shape index (κ1) is 18.2. The minimum Gasteiger partial charge on any atom is -0.466 e. The summed E-state index contributed by atoms with van der Waals surface area (Å²) >= 11 is 0. The summed E-state index contributed by atoms with van der Waals surface area (Å²) in [5, 5.41) is 4.80. The monoisotopic (exact) mass is 350 g/mol. The standard InChI is InChI=1S/C22H26N2O2/c1-4-26-20(25)14-19-21(17-12-8-9-13-18(17)24-19)22(23-15(2)3)16-10-6-5-7-11-16/h5-13,15,22-24H,4,14H2,1-3H3. The summed E-state index contributed by atoms with van der Waals surface area (Å²) in [6.45, 7) is 6.49. The van der Waals surface area contributed by atoms with Crippen molar-refractivity contribution in [3.05, 3.63) is 71.4 Å². The number of hydrogen-bond acceptors (Lipinski definition) is 3. The van der Waals surface area contributed by atoms with Crippen molar-refractivity contribution in [2.75, 3.05) is 6.61 Å². The molecular formula is C22H26N2O2. The summed E-state index contributed by atoms with van der Waals surface area (Å²) in [5.74, 6) is -0.211. The topological polar surface area (TPSA) is 54.1 Å². The molecule has 0 aliphatic rings. The maximum atomic E-state index is 12.2. The molecule has 2 aromatic carbocycles. The Labute approximate surface area is 154 Å². The zero-order valence-corrected chi connectivity index (χ0v) is 15.6. The Morgan fingerprint density at radius 2 is 1.77 bits per heavy atom. The molecule has 1 aromatic heterocycles. The minimum absolute atomic E-state index is 0.00298. The summed E-state index contributed by atoms with van der Waals surface area (Å²) in [6, 6.07) is 18.8. The molecule has 3 aromatic rings. The van der Waals surface area contributed by atoms with Gasteiger partial charge in [0.2, 0.25) is 0 Å². The number of carbonyl (C=O) groups is 1. The van der Waals surface area contributed by atoms with Gasteiger partial charge in [0, 0.05) is 28.2 Å². The fourth-order valence-electron chi connectivity index (χ4n) is 3.37. The summed E-state index contributed by atoms with van der Waals surface area (Å²) in [7, 11) is 0. The molecule has 0 radical (unpaired) electrons. The van der Waals surface area contributed by atoms with Crippen LogP contribution in [-0.4, -0.2) is 23.6 Å². The third-order valence-electron chi connectivity index (χ3n) is 4.38. The minimum atomic E-state index is -0.211. The summed E-state index contributed by atoms with van der Waals surface area (Å²) in [6.07, 6.45) is 0.237. The molecule has 136 valence electrons. The molecule has 0 aliphatic heterocycles. The number of carbonyl (C=O) groups excluding carboxylic acids is 1. The smallest absolute Gasteiger partial charge is 0.311 e. The highest BCUT2D eigenvalue weighted by molar-refractivity contribution is 5.87. The Bertz CT molecular complexity index is 868. The Morgan fingerprint density at radius 3 is 2.46 bits per heavy atom. The highest BCUT2D eigenvalue weighted by Crippen LogP contribution is 2.33. The number of fused-ring (bicyclic) bond motifs is 1. The molecule has 4 nitrogen and oxygen atoms in total. The number of ether oxygens (including phenoxy) is 1. The Morgan fingerprint density at radius 1 is 1.08 bits per heavy atom. The first-order valence-corrected chi connectivity index (χ1v) is 9.16. The first-order chi connectivity index (χ1) is 12.6. The average Bonchev–Trinajstić information content (AvgIpc) is 2.98. The van der Waals surface area contributed by atoms with Gasteiger partial charge in [-0.15, -0.1) is 0 Å². The molecule has 1 atom stereocenters. The molecule has 0 amide bonds. The van der Waals surface area contributed by atoms with Crippen molar-refractivity contribution >= 4 is 16.9 Å². The van der Waals surface area contributed by atoms with Gasteiger partial charge in [-0.05, 0) is 32.4 Å². The normalized spacial score (nSPS) is 12.5. The van der Waals surface area contributed by atoms with E-state index < -0.39 is 0 Å². The lowest BCUT2D eigenvalue weighted by atomic mass is 9.94. The largest absolute Gasteiger partial charge is 0.466 e. The van der Waals surface area contributed by atoms with E-state index in [0.717, 1.165) is 22.2 Å². The van der Waals surface area contributed by atoms with Crippen molar-refractivity contribution in [1.29, 1.82) is 0 Å². The summed E-state index contributed by atoms with van der Waals surface area (Å²) in [5.41, 5.74) is 4.24. The van der Waals surface area contributed by atoms with Gasteiger partial charge in [0.25, 0.3) is 0 Å². The van der Waals surface area contributed by atoms with Gasteiger partial charge in [0.05, 0.1) is 19.1 Å². The van der Waals surface area contributed by atoms with Crippen LogP contribution >= 0.6 is 0 Å². The zero-order valence-electron chi connectivity index (χ0n) is 15.6. The van der Waals surface area contributed by atoms with Crippen LogP contribution in [0.5, 0.6) is 0 Å². The number of hydrogen-bond donors (Lipinski definition) is 2. The highest BCUT2D eigenvalue weighted by atomic mass is 16.5. The molecule has 0 aliphatic carbocycles. The van der Waals surface area contributed by atoms with Crippen LogP contribution in [0.4, 0.5) is 0 Å². The van der Waals surface area contributed by atoms with E-state index in [1.165, 1.54) is 5.56 Å². The third kappa shape index (κ3) is 3.97. The Balaban J connectivity index is 2.13. The maximum absolute atomic E-state index is 12.2. The van der Waals surface area contributed by atoms with E-state index in [-0.39, 0.29) is 18.4 Å². The number of benzene rings is 2. The van der Waals surface area contributed by atoms with Gasteiger partial charge in [-0.1, -0.05) is 48.5 Å². The quantitative estimate of drug-likeness (QED) is 0.623. The van der Waals surface area contributed by atoms with E-state index in [1.54, 1.807) is 0 Å². The highest BCUT2D eigenvalue weighted by Gasteiger charge is 2.24. The van der Waals surface area contributed by atoms with Crippen LogP contribution in [0, 0.1) is 0 Å². The van der Waals surface area contributed by atoms with Crippen LogP contribution in [0.1, 0.15) is 43.6 Å². The molecule has 3 rings (SSSR count). The molecule has 4 heteroatoms. The molecule has 0 spiro atoms. The van der Waals surface area contributed by atoms with Crippen LogP contribution in [0.15, 0.2) is 54.6 Å². The van der Waals surface area contributed by atoms with E-state index in [4.69, 9.17) is 4.74 Å². The van der Waals surface area contributed by atoms with Gasteiger partial charge in [-0.3, -0.25) is 4.79 Å². The van der Waals surface area contributed by atoms with Gasteiger partial charge in [0.1, 0.15) is 0 Å². The second kappa shape index (κ2) is 8.19. The van der Waals surface area contributed by atoms with Crippen molar-refractivity contribution in [3.63, 3.8) is 0 Å². The molecule has 1 heterocycles. The molecular weight excluding hydrogens is 324 g/mol. The van der Waals surface area contributed by atoms with E-state index in [2.05, 4.69) is 42.3 Å². The Hall–Kier alpha value is -2.59. The fourth-order valence-corrected chi connectivity index (χ4v) is 3.37. The number of esters is 1. The second-order valence-electron chi connectivity index (χ2n) is 6.71. The van der Waals surface area contributed by atoms with Crippen molar-refractivity contribution in [3.8, 4) is 0 Å². The number of rotatable bonds is 7. The maximum Gasteiger partial charge on any atom is 0.311 e. The molecule has 1 unspecified atom stereocenters. The van der Waals surface area contributed by atoms with Gasteiger partial charge in [0.15, 0.2) is 0 Å². The molecule has 26 heavy (non-hydrogen) atoms. The molecule has 2 N–H and O–H groups in total. The lowest BCUT2D eigenvalue weighted by Crippen LogP contribution is -2.29. The number of aromatic nitrogens is 1. The van der Waals surface area contributed by atoms with Gasteiger partial charge in [-0.2, -0.15) is 0 Å². The molecule has 0 saturated heterocycles. The predicted molar refractivity (Wildman–Crippen MR) is 105 cm³/mol. The van der Waals surface area contributed by atoms with Crippen LogP contribution in [0.2, 0.25) is 0 Å². The Kier molecular flexibility index (Phi) is 5.74. The third-order valence-corrected chi connectivity index (χ3v) is 4.38. The first-order valence-electron chi connectivity index (χ1n) is 9.16. The predicted octanol–water partition coefficient (Wildman–Crippen LogP) is 4.36. The summed E-state index contributed by atoms with van der Waals surface area (Å²) in [4.78, 5) is 15.6. The van der Waals surface area contributed by atoms with E-state index in [0.29, 0.717) is 12.6 Å². The average molecular weight is 350 g/mol.